The predicted octanol–water partition coefficient (Wildman–Crippen LogP) is 5.42. The van der Waals surface area contributed by atoms with Gasteiger partial charge in [0.1, 0.15) is 0 Å². The maximum Gasteiger partial charge on any atom is 0.0459 e. The normalized spacial score (nSPS) is 10.5. The molecule has 0 radical (unpaired) electrons. The van der Waals surface area contributed by atoms with E-state index in [-0.39, 0.29) is 0 Å². The van der Waals surface area contributed by atoms with Gasteiger partial charge in [-0.25, -0.2) is 0 Å². The molecule has 1 aromatic carbocycles. The van der Waals surface area contributed by atoms with Crippen LogP contribution in [0.1, 0.15) is 36.5 Å². The minimum Gasteiger partial charge on any atom is -0.361 e. The fourth-order valence-corrected chi connectivity index (χ4v) is 2.48. The highest BCUT2D eigenvalue weighted by Gasteiger charge is 2.07. The Kier molecular flexibility index (Phi) is 7.84. The number of allylic oxidation sites excluding steroid dienone is 2. The van der Waals surface area contributed by atoms with Crippen LogP contribution in [-0.2, 0) is 6.42 Å². The molecule has 2 aromatic rings. The average Bonchev–Trinajstić information content (AvgIpc) is 2.91. The number of aromatic amines is 1. The largest absolute Gasteiger partial charge is 0.361 e. The molecule has 0 bridgehead atoms. The Balaban J connectivity index is 0.000000322. The maximum atomic E-state index is 3.74. The Labute approximate surface area is 141 Å². The molecule has 0 saturated carbocycles. The van der Waals surface area contributed by atoms with Crippen LogP contribution in [0, 0.1) is 13.8 Å². The van der Waals surface area contributed by atoms with Crippen LogP contribution in [0.3, 0.4) is 0 Å². The number of fused-ring (bicyclic) bond motifs is 1. The molecule has 0 atom stereocenters. The van der Waals surface area contributed by atoms with Crippen molar-refractivity contribution in [1.29, 1.82) is 0 Å². The monoisotopic (exact) mass is 312 g/mol. The van der Waals surface area contributed by atoms with E-state index in [1.54, 1.807) is 0 Å². The van der Waals surface area contributed by atoms with E-state index in [0.29, 0.717) is 0 Å². The van der Waals surface area contributed by atoms with Crippen molar-refractivity contribution in [2.24, 2.45) is 0 Å². The average molecular weight is 313 g/mol. The van der Waals surface area contributed by atoms with Crippen molar-refractivity contribution in [3.05, 3.63) is 59.8 Å². The van der Waals surface area contributed by atoms with Gasteiger partial charge in [-0.05, 0) is 76.9 Å². The zero-order valence-corrected chi connectivity index (χ0v) is 15.5. The fraction of sp³-hybridized carbons (Fsp3) is 0.429. The predicted molar refractivity (Wildman–Crippen MR) is 104 cm³/mol. The summed E-state index contributed by atoms with van der Waals surface area (Å²) in [6.07, 6.45) is 7.32. The topological polar surface area (TPSA) is 19.0 Å². The first-order valence-corrected chi connectivity index (χ1v) is 8.33. The summed E-state index contributed by atoms with van der Waals surface area (Å²) in [6.45, 7) is 14.9. The minimum absolute atomic E-state index is 1.06. The van der Waals surface area contributed by atoms with Gasteiger partial charge in [0.15, 0.2) is 0 Å². The van der Waals surface area contributed by atoms with Crippen LogP contribution in [0.2, 0.25) is 0 Å². The van der Waals surface area contributed by atoms with Crippen LogP contribution in [0.15, 0.2) is 43.1 Å². The Bertz CT molecular complexity index is 647. The number of H-pyrrole nitrogens is 1. The first-order chi connectivity index (χ1) is 10.9. The molecule has 1 N–H and O–H groups in total. The Morgan fingerprint density at radius 3 is 2.48 bits per heavy atom. The SMILES string of the molecule is C=CCCC(=C)C.Cc1ccc2[nH]cc(CCN(C)C)c2c1C. The van der Waals surface area contributed by atoms with Gasteiger partial charge in [0.05, 0.1) is 0 Å². The van der Waals surface area contributed by atoms with Crippen molar-refractivity contribution in [3.63, 3.8) is 0 Å². The second-order valence-electron chi connectivity index (χ2n) is 6.58. The summed E-state index contributed by atoms with van der Waals surface area (Å²) in [5.41, 5.74) is 6.72. The van der Waals surface area contributed by atoms with E-state index < -0.39 is 0 Å². The first kappa shape index (κ1) is 19.2. The van der Waals surface area contributed by atoms with Gasteiger partial charge in [-0.3, -0.25) is 0 Å². The smallest absolute Gasteiger partial charge is 0.0459 e. The molecule has 1 aromatic heterocycles. The lowest BCUT2D eigenvalue weighted by Gasteiger charge is -2.09. The zero-order valence-electron chi connectivity index (χ0n) is 15.5. The Morgan fingerprint density at radius 1 is 1.26 bits per heavy atom. The van der Waals surface area contributed by atoms with Gasteiger partial charge < -0.3 is 9.88 Å². The number of nitrogens with one attached hydrogen (secondary N) is 1. The highest BCUT2D eigenvalue weighted by molar-refractivity contribution is 5.87. The molecule has 0 unspecified atom stereocenters. The molecule has 0 aliphatic rings. The number of likely N-dealkylation sites (N-methyl/N-ethyl adjacent to an activating group) is 1. The van der Waals surface area contributed by atoms with Gasteiger partial charge in [0.25, 0.3) is 0 Å². The lowest BCUT2D eigenvalue weighted by molar-refractivity contribution is 0.414. The van der Waals surface area contributed by atoms with E-state index in [2.05, 4.69) is 69.3 Å². The summed E-state index contributed by atoms with van der Waals surface area (Å²) in [6, 6.07) is 4.36. The standard InChI is InChI=1S/C14H20N2.C7H12/c1-10-5-6-13-14(11(10)2)12(9-15-13)7-8-16(3)4;1-4-5-6-7(2)3/h5-6,9,15H,7-8H2,1-4H3;4H,1-2,5-6H2,3H3. The first-order valence-electron chi connectivity index (χ1n) is 8.33. The van der Waals surface area contributed by atoms with E-state index >= 15 is 0 Å². The molecule has 0 amide bonds. The molecule has 0 saturated heterocycles. The summed E-state index contributed by atoms with van der Waals surface area (Å²) in [7, 11) is 4.24. The van der Waals surface area contributed by atoms with Crippen molar-refractivity contribution >= 4 is 10.9 Å². The Hall–Kier alpha value is -1.80. The molecule has 2 nitrogen and oxygen atoms in total. The van der Waals surface area contributed by atoms with Gasteiger partial charge in [0, 0.05) is 23.6 Å². The second-order valence-corrected chi connectivity index (χ2v) is 6.58. The quantitative estimate of drug-likeness (QED) is 0.706. The molecule has 0 aliphatic heterocycles. The Morgan fingerprint density at radius 2 is 1.96 bits per heavy atom. The third-order valence-corrected chi connectivity index (χ3v) is 4.06. The summed E-state index contributed by atoms with van der Waals surface area (Å²) in [5, 5.41) is 1.42. The molecular weight excluding hydrogens is 280 g/mol. The van der Waals surface area contributed by atoms with Gasteiger partial charge in [-0.2, -0.15) is 0 Å². The number of hydrogen-bond donors (Lipinski definition) is 1. The fourth-order valence-electron chi connectivity index (χ4n) is 2.48. The van der Waals surface area contributed by atoms with Crippen molar-refractivity contribution in [2.75, 3.05) is 20.6 Å². The molecule has 0 spiro atoms. The molecule has 2 rings (SSSR count). The van der Waals surface area contributed by atoms with Crippen molar-refractivity contribution in [1.82, 2.24) is 9.88 Å². The van der Waals surface area contributed by atoms with Crippen molar-refractivity contribution in [2.45, 2.75) is 40.0 Å². The number of aromatic nitrogens is 1. The van der Waals surface area contributed by atoms with Gasteiger partial charge in [-0.15, -0.1) is 13.2 Å². The molecule has 23 heavy (non-hydrogen) atoms. The third-order valence-electron chi connectivity index (χ3n) is 4.06. The number of aryl methyl sites for hydroxylation is 2. The van der Waals surface area contributed by atoms with Crippen LogP contribution in [0.5, 0.6) is 0 Å². The lowest BCUT2D eigenvalue weighted by atomic mass is 10.0. The summed E-state index contributed by atoms with van der Waals surface area (Å²) in [5.74, 6) is 0. The van der Waals surface area contributed by atoms with Gasteiger partial charge in [-0.1, -0.05) is 17.7 Å². The lowest BCUT2D eigenvalue weighted by Crippen LogP contribution is -2.14. The van der Waals surface area contributed by atoms with Crippen LogP contribution in [0.25, 0.3) is 10.9 Å². The van der Waals surface area contributed by atoms with Gasteiger partial charge in [0.2, 0.25) is 0 Å². The number of benzene rings is 1. The number of hydrogen-bond acceptors (Lipinski definition) is 1. The van der Waals surface area contributed by atoms with Crippen molar-refractivity contribution < 1.29 is 0 Å². The van der Waals surface area contributed by atoms with Crippen LogP contribution < -0.4 is 0 Å². The maximum absolute atomic E-state index is 3.74. The molecule has 1 heterocycles. The highest BCUT2D eigenvalue weighted by atomic mass is 15.0. The molecule has 2 heteroatoms. The molecular formula is C21H32N2. The molecule has 0 aliphatic carbocycles. The van der Waals surface area contributed by atoms with E-state index in [1.165, 1.54) is 33.2 Å². The summed E-state index contributed by atoms with van der Waals surface area (Å²) in [4.78, 5) is 5.59. The summed E-state index contributed by atoms with van der Waals surface area (Å²) >= 11 is 0. The number of nitrogens with zero attached hydrogens (tertiary/aromatic N) is 1. The second kappa shape index (κ2) is 9.36. The van der Waals surface area contributed by atoms with Crippen LogP contribution in [0.4, 0.5) is 0 Å². The van der Waals surface area contributed by atoms with Crippen LogP contribution in [-0.4, -0.2) is 30.5 Å². The summed E-state index contributed by atoms with van der Waals surface area (Å²) < 4.78 is 0. The van der Waals surface area contributed by atoms with Crippen molar-refractivity contribution in [3.8, 4) is 0 Å². The third kappa shape index (κ3) is 6.07. The van der Waals surface area contributed by atoms with E-state index in [0.717, 1.165) is 25.8 Å². The van der Waals surface area contributed by atoms with E-state index in [1.807, 2.05) is 13.0 Å². The van der Waals surface area contributed by atoms with Gasteiger partial charge >= 0.3 is 0 Å². The molecule has 126 valence electrons. The highest BCUT2D eigenvalue weighted by Crippen LogP contribution is 2.25. The molecule has 0 fully saturated rings. The van der Waals surface area contributed by atoms with E-state index in [9.17, 15) is 0 Å². The zero-order chi connectivity index (χ0) is 17.4. The number of rotatable bonds is 6. The van der Waals surface area contributed by atoms with E-state index in [4.69, 9.17) is 0 Å². The minimum atomic E-state index is 1.06. The van der Waals surface area contributed by atoms with Crippen LogP contribution >= 0.6 is 0 Å².